The Bertz CT molecular complexity index is 240. The first kappa shape index (κ1) is 10.3. The van der Waals surface area contributed by atoms with Crippen LogP contribution in [0.2, 0.25) is 0 Å². The standard InChI is InChI=1S/C10H17NO2S/c1-8-6-10(7-14-8,9(12)13)11-4-2-3-5-11/h8H,2-7H2,1H3,(H,12,13). The highest BCUT2D eigenvalue weighted by molar-refractivity contribution is 8.00. The van der Waals surface area contributed by atoms with Gasteiger partial charge in [-0.1, -0.05) is 6.92 Å². The van der Waals surface area contributed by atoms with Crippen LogP contribution in [0.1, 0.15) is 26.2 Å². The van der Waals surface area contributed by atoms with Gasteiger partial charge in [0.05, 0.1) is 0 Å². The van der Waals surface area contributed by atoms with E-state index >= 15 is 0 Å². The molecule has 2 saturated heterocycles. The molecule has 3 nitrogen and oxygen atoms in total. The minimum atomic E-state index is -0.615. The molecule has 0 bridgehead atoms. The Kier molecular flexibility index (Phi) is 2.75. The van der Waals surface area contributed by atoms with Crippen molar-refractivity contribution in [1.29, 1.82) is 0 Å². The van der Waals surface area contributed by atoms with E-state index in [1.807, 2.05) is 0 Å². The Morgan fingerprint density at radius 1 is 1.50 bits per heavy atom. The summed E-state index contributed by atoms with van der Waals surface area (Å²) in [7, 11) is 0. The molecule has 0 spiro atoms. The molecule has 4 heteroatoms. The van der Waals surface area contributed by atoms with Crippen molar-refractivity contribution < 1.29 is 9.90 Å². The number of likely N-dealkylation sites (tertiary alicyclic amines) is 1. The molecule has 0 aromatic heterocycles. The lowest BCUT2D eigenvalue weighted by Crippen LogP contribution is -2.54. The normalized spacial score (nSPS) is 39.1. The average Bonchev–Trinajstić information content (AvgIpc) is 2.71. The van der Waals surface area contributed by atoms with E-state index < -0.39 is 11.5 Å². The molecule has 80 valence electrons. The Labute approximate surface area is 88.9 Å². The van der Waals surface area contributed by atoms with Crippen LogP contribution in [0.3, 0.4) is 0 Å². The van der Waals surface area contributed by atoms with Crippen LogP contribution in [-0.4, -0.2) is 45.6 Å². The van der Waals surface area contributed by atoms with Gasteiger partial charge in [-0.05, 0) is 32.4 Å². The third-order valence-electron chi connectivity index (χ3n) is 3.34. The van der Waals surface area contributed by atoms with Crippen molar-refractivity contribution in [1.82, 2.24) is 4.90 Å². The number of nitrogens with zero attached hydrogens (tertiary/aromatic N) is 1. The summed E-state index contributed by atoms with van der Waals surface area (Å²) < 4.78 is 0. The van der Waals surface area contributed by atoms with Crippen LogP contribution in [-0.2, 0) is 4.79 Å². The summed E-state index contributed by atoms with van der Waals surface area (Å²) in [6.07, 6.45) is 3.13. The van der Waals surface area contributed by atoms with Crippen molar-refractivity contribution >= 4 is 17.7 Å². The average molecular weight is 215 g/mol. The highest BCUT2D eigenvalue weighted by Gasteiger charge is 2.49. The zero-order valence-corrected chi connectivity index (χ0v) is 9.35. The number of carbonyl (C=O) groups is 1. The van der Waals surface area contributed by atoms with E-state index in [4.69, 9.17) is 0 Å². The van der Waals surface area contributed by atoms with Gasteiger partial charge in [-0.25, -0.2) is 0 Å². The number of thioether (sulfide) groups is 1. The molecule has 0 aromatic rings. The summed E-state index contributed by atoms with van der Waals surface area (Å²) in [5.41, 5.74) is -0.541. The molecule has 0 saturated carbocycles. The maximum absolute atomic E-state index is 11.4. The lowest BCUT2D eigenvalue weighted by molar-refractivity contribution is -0.149. The van der Waals surface area contributed by atoms with E-state index in [1.54, 1.807) is 11.8 Å². The van der Waals surface area contributed by atoms with Gasteiger partial charge in [0, 0.05) is 11.0 Å². The topological polar surface area (TPSA) is 40.5 Å². The molecule has 0 aromatic carbocycles. The summed E-state index contributed by atoms with van der Waals surface area (Å²) >= 11 is 1.80. The predicted octanol–water partition coefficient (Wildman–Crippen LogP) is 1.43. The van der Waals surface area contributed by atoms with E-state index in [-0.39, 0.29) is 0 Å². The van der Waals surface area contributed by atoms with Crippen molar-refractivity contribution in [2.45, 2.75) is 37.0 Å². The van der Waals surface area contributed by atoms with E-state index in [9.17, 15) is 9.90 Å². The Morgan fingerprint density at radius 3 is 2.57 bits per heavy atom. The summed E-state index contributed by atoms with van der Waals surface area (Å²) in [5, 5.41) is 9.88. The van der Waals surface area contributed by atoms with E-state index in [0.717, 1.165) is 38.1 Å². The van der Waals surface area contributed by atoms with Gasteiger partial charge in [0.1, 0.15) is 5.54 Å². The van der Waals surface area contributed by atoms with E-state index in [0.29, 0.717) is 5.25 Å². The van der Waals surface area contributed by atoms with Crippen LogP contribution in [0.5, 0.6) is 0 Å². The lowest BCUT2D eigenvalue weighted by Gasteiger charge is -2.34. The minimum absolute atomic E-state index is 0.492. The van der Waals surface area contributed by atoms with Crippen LogP contribution in [0.4, 0.5) is 0 Å². The first-order valence-corrected chi connectivity index (χ1v) is 6.30. The zero-order chi connectivity index (χ0) is 10.2. The molecule has 2 rings (SSSR count). The second-order valence-electron chi connectivity index (χ2n) is 4.36. The van der Waals surface area contributed by atoms with Crippen LogP contribution < -0.4 is 0 Å². The Hall–Kier alpha value is -0.220. The van der Waals surface area contributed by atoms with Crippen molar-refractivity contribution in [2.75, 3.05) is 18.8 Å². The van der Waals surface area contributed by atoms with Gasteiger partial charge >= 0.3 is 5.97 Å². The van der Waals surface area contributed by atoms with Gasteiger partial charge in [-0.3, -0.25) is 9.69 Å². The number of carboxylic acid groups (broad SMARTS) is 1. The number of aliphatic carboxylic acids is 1. The van der Waals surface area contributed by atoms with E-state index in [2.05, 4.69) is 11.8 Å². The summed E-state index contributed by atoms with van der Waals surface area (Å²) in [6, 6.07) is 0. The SMILES string of the molecule is CC1CC(C(=O)O)(N2CCCC2)CS1. The van der Waals surface area contributed by atoms with Crippen LogP contribution >= 0.6 is 11.8 Å². The highest BCUT2D eigenvalue weighted by Crippen LogP contribution is 2.40. The number of rotatable bonds is 2. The second kappa shape index (κ2) is 3.74. The highest BCUT2D eigenvalue weighted by atomic mass is 32.2. The van der Waals surface area contributed by atoms with Gasteiger partial charge in [-0.15, -0.1) is 0 Å². The van der Waals surface area contributed by atoms with Gasteiger partial charge in [0.15, 0.2) is 0 Å². The van der Waals surface area contributed by atoms with Crippen LogP contribution in [0, 0.1) is 0 Å². The maximum Gasteiger partial charge on any atom is 0.325 e. The molecule has 2 aliphatic heterocycles. The number of carboxylic acids is 1. The smallest absolute Gasteiger partial charge is 0.325 e. The zero-order valence-electron chi connectivity index (χ0n) is 8.53. The Morgan fingerprint density at radius 2 is 2.14 bits per heavy atom. The van der Waals surface area contributed by atoms with Crippen molar-refractivity contribution in [3.05, 3.63) is 0 Å². The van der Waals surface area contributed by atoms with E-state index in [1.165, 1.54) is 0 Å². The molecule has 14 heavy (non-hydrogen) atoms. The van der Waals surface area contributed by atoms with Crippen molar-refractivity contribution in [3.63, 3.8) is 0 Å². The predicted molar refractivity (Wildman–Crippen MR) is 57.7 cm³/mol. The number of hydrogen-bond acceptors (Lipinski definition) is 3. The third-order valence-corrected chi connectivity index (χ3v) is 4.72. The van der Waals surface area contributed by atoms with Gasteiger partial charge in [0.2, 0.25) is 0 Å². The summed E-state index contributed by atoms with van der Waals surface area (Å²) in [4.78, 5) is 13.6. The van der Waals surface area contributed by atoms with Gasteiger partial charge in [0.25, 0.3) is 0 Å². The molecule has 2 atom stereocenters. The second-order valence-corrected chi connectivity index (χ2v) is 5.78. The molecule has 2 heterocycles. The number of hydrogen-bond donors (Lipinski definition) is 1. The van der Waals surface area contributed by atoms with Crippen molar-refractivity contribution in [2.24, 2.45) is 0 Å². The maximum atomic E-state index is 11.4. The van der Waals surface area contributed by atoms with Crippen molar-refractivity contribution in [3.8, 4) is 0 Å². The molecular formula is C10H17NO2S. The molecular weight excluding hydrogens is 198 g/mol. The van der Waals surface area contributed by atoms with Gasteiger partial charge in [-0.2, -0.15) is 11.8 Å². The quantitative estimate of drug-likeness (QED) is 0.756. The fourth-order valence-corrected chi connectivity index (χ4v) is 3.90. The molecule has 2 aliphatic rings. The molecule has 0 aliphatic carbocycles. The largest absolute Gasteiger partial charge is 0.480 e. The van der Waals surface area contributed by atoms with Gasteiger partial charge < -0.3 is 5.11 Å². The molecule has 2 unspecified atom stereocenters. The first-order valence-electron chi connectivity index (χ1n) is 5.25. The van der Waals surface area contributed by atoms with Crippen LogP contribution in [0.25, 0.3) is 0 Å². The molecule has 2 fully saturated rings. The fourth-order valence-electron chi connectivity index (χ4n) is 2.52. The minimum Gasteiger partial charge on any atom is -0.480 e. The molecule has 1 N–H and O–H groups in total. The molecule has 0 amide bonds. The monoisotopic (exact) mass is 215 g/mol. The summed E-state index contributed by atoms with van der Waals surface area (Å²) in [5.74, 6) is 0.153. The Balaban J connectivity index is 2.17. The molecule has 0 radical (unpaired) electrons. The summed E-state index contributed by atoms with van der Waals surface area (Å²) in [6.45, 7) is 4.07. The van der Waals surface area contributed by atoms with Crippen LogP contribution in [0.15, 0.2) is 0 Å². The lowest BCUT2D eigenvalue weighted by atomic mass is 9.94. The third kappa shape index (κ3) is 1.54. The first-order chi connectivity index (χ1) is 6.65. The fraction of sp³-hybridized carbons (Fsp3) is 0.900.